The minimum Gasteiger partial charge on any atom is -0.376 e. The molecule has 1 aliphatic heterocycles. The molecule has 1 N–H and O–H groups in total. The Morgan fingerprint density at radius 1 is 1.29 bits per heavy atom. The molecule has 2 rings (SSSR count). The van der Waals surface area contributed by atoms with Gasteiger partial charge in [0.2, 0.25) is 0 Å². The number of hydrogen-bond donors (Lipinski definition) is 1. The van der Waals surface area contributed by atoms with Crippen LogP contribution in [-0.2, 0) is 9.47 Å². The van der Waals surface area contributed by atoms with Gasteiger partial charge < -0.3 is 14.8 Å². The van der Waals surface area contributed by atoms with Crippen LogP contribution in [0.15, 0.2) is 30.3 Å². The van der Waals surface area contributed by atoms with E-state index in [2.05, 4.69) is 49.5 Å². The molecule has 0 spiro atoms. The van der Waals surface area contributed by atoms with Gasteiger partial charge >= 0.3 is 0 Å². The van der Waals surface area contributed by atoms with Gasteiger partial charge in [-0.3, -0.25) is 0 Å². The van der Waals surface area contributed by atoms with Crippen molar-refractivity contribution >= 4 is 0 Å². The van der Waals surface area contributed by atoms with E-state index < -0.39 is 0 Å². The van der Waals surface area contributed by atoms with Gasteiger partial charge in [0, 0.05) is 6.61 Å². The topological polar surface area (TPSA) is 30.5 Å². The molecule has 0 radical (unpaired) electrons. The Labute approximate surface area is 129 Å². The maximum atomic E-state index is 6.11. The van der Waals surface area contributed by atoms with Gasteiger partial charge in [0.1, 0.15) is 0 Å². The molecule has 0 bridgehead atoms. The van der Waals surface area contributed by atoms with Crippen molar-refractivity contribution in [2.45, 2.75) is 57.8 Å². The summed E-state index contributed by atoms with van der Waals surface area (Å²) in [6.07, 6.45) is 5.13. The third kappa shape index (κ3) is 5.42. The monoisotopic (exact) mass is 291 g/mol. The number of nitrogens with one attached hydrogen (secondary N) is 1. The molecule has 21 heavy (non-hydrogen) atoms. The molecule has 0 saturated carbocycles. The van der Waals surface area contributed by atoms with E-state index in [0.29, 0.717) is 6.61 Å². The fraction of sp³-hybridized carbons (Fsp3) is 0.667. The van der Waals surface area contributed by atoms with Crippen LogP contribution < -0.4 is 5.32 Å². The van der Waals surface area contributed by atoms with Crippen LogP contribution >= 0.6 is 0 Å². The fourth-order valence-electron chi connectivity index (χ4n) is 2.81. The van der Waals surface area contributed by atoms with Gasteiger partial charge in [0.15, 0.2) is 0 Å². The molecule has 3 unspecified atom stereocenters. The normalized spacial score (nSPS) is 21.9. The maximum Gasteiger partial charge on any atom is 0.0808 e. The number of hydrogen-bond acceptors (Lipinski definition) is 3. The van der Waals surface area contributed by atoms with Crippen LogP contribution in [0, 0.1) is 0 Å². The molecular formula is C18H29NO2. The van der Waals surface area contributed by atoms with E-state index in [0.717, 1.165) is 26.0 Å². The highest BCUT2D eigenvalue weighted by atomic mass is 16.5. The average molecular weight is 291 g/mol. The van der Waals surface area contributed by atoms with Crippen LogP contribution in [0.1, 0.15) is 51.1 Å². The first kappa shape index (κ1) is 16.5. The Morgan fingerprint density at radius 3 is 2.76 bits per heavy atom. The SMILES string of the molecule is CCCNC(c1ccccc1)C(C)OCC1CCCCO1. The van der Waals surface area contributed by atoms with Crippen LogP contribution in [0.4, 0.5) is 0 Å². The number of benzene rings is 1. The van der Waals surface area contributed by atoms with E-state index in [-0.39, 0.29) is 18.2 Å². The highest BCUT2D eigenvalue weighted by Crippen LogP contribution is 2.21. The lowest BCUT2D eigenvalue weighted by Gasteiger charge is -2.29. The van der Waals surface area contributed by atoms with E-state index >= 15 is 0 Å². The molecular weight excluding hydrogens is 262 g/mol. The van der Waals surface area contributed by atoms with Crippen LogP contribution in [-0.4, -0.2) is 32.0 Å². The summed E-state index contributed by atoms with van der Waals surface area (Å²) in [5, 5.41) is 3.61. The summed E-state index contributed by atoms with van der Waals surface area (Å²) in [4.78, 5) is 0. The van der Waals surface area contributed by atoms with E-state index in [1.54, 1.807) is 0 Å². The Morgan fingerprint density at radius 2 is 2.10 bits per heavy atom. The molecule has 3 heteroatoms. The van der Waals surface area contributed by atoms with Gasteiger partial charge in [-0.2, -0.15) is 0 Å². The van der Waals surface area contributed by atoms with Gasteiger partial charge in [-0.25, -0.2) is 0 Å². The minimum atomic E-state index is 0.143. The summed E-state index contributed by atoms with van der Waals surface area (Å²) in [6.45, 7) is 6.95. The average Bonchev–Trinajstić information content (AvgIpc) is 2.55. The zero-order valence-electron chi connectivity index (χ0n) is 13.4. The second-order valence-corrected chi connectivity index (χ2v) is 5.87. The zero-order valence-corrected chi connectivity index (χ0v) is 13.4. The quantitative estimate of drug-likeness (QED) is 0.792. The smallest absolute Gasteiger partial charge is 0.0808 e. The van der Waals surface area contributed by atoms with Gasteiger partial charge in [-0.15, -0.1) is 0 Å². The first-order chi connectivity index (χ1) is 10.3. The summed E-state index contributed by atoms with van der Waals surface area (Å²) in [7, 11) is 0. The van der Waals surface area contributed by atoms with Crippen molar-refractivity contribution in [2.24, 2.45) is 0 Å². The van der Waals surface area contributed by atoms with Gasteiger partial charge in [-0.1, -0.05) is 37.3 Å². The molecule has 1 aromatic carbocycles. The molecule has 0 aliphatic carbocycles. The minimum absolute atomic E-state index is 0.143. The molecule has 1 fully saturated rings. The van der Waals surface area contributed by atoms with Crippen molar-refractivity contribution in [3.05, 3.63) is 35.9 Å². The van der Waals surface area contributed by atoms with Crippen LogP contribution in [0.25, 0.3) is 0 Å². The van der Waals surface area contributed by atoms with Crippen LogP contribution in [0.5, 0.6) is 0 Å². The van der Waals surface area contributed by atoms with E-state index in [1.165, 1.54) is 18.4 Å². The second kappa shape index (κ2) is 9.19. The second-order valence-electron chi connectivity index (χ2n) is 5.87. The summed E-state index contributed by atoms with van der Waals surface area (Å²) < 4.78 is 11.9. The summed E-state index contributed by atoms with van der Waals surface area (Å²) in [5.74, 6) is 0. The van der Waals surface area contributed by atoms with Crippen molar-refractivity contribution < 1.29 is 9.47 Å². The first-order valence-electron chi connectivity index (χ1n) is 8.32. The fourth-order valence-corrected chi connectivity index (χ4v) is 2.81. The van der Waals surface area contributed by atoms with Crippen molar-refractivity contribution in [3.8, 4) is 0 Å². The Hall–Kier alpha value is -0.900. The van der Waals surface area contributed by atoms with Gasteiger partial charge in [0.05, 0.1) is 24.9 Å². The van der Waals surface area contributed by atoms with Crippen molar-refractivity contribution in [3.63, 3.8) is 0 Å². The lowest BCUT2D eigenvalue weighted by molar-refractivity contribution is -0.0665. The summed E-state index contributed by atoms with van der Waals surface area (Å²) in [5.41, 5.74) is 1.29. The third-order valence-corrected chi connectivity index (χ3v) is 4.06. The highest BCUT2D eigenvalue weighted by Gasteiger charge is 2.21. The maximum absolute atomic E-state index is 6.11. The number of rotatable bonds is 8. The molecule has 0 aromatic heterocycles. The summed E-state index contributed by atoms with van der Waals surface area (Å²) in [6, 6.07) is 10.8. The molecule has 0 amide bonds. The van der Waals surface area contributed by atoms with Crippen LogP contribution in [0.3, 0.4) is 0 Å². The lowest BCUT2D eigenvalue weighted by atomic mass is 10.0. The van der Waals surface area contributed by atoms with Crippen LogP contribution in [0.2, 0.25) is 0 Å². The Balaban J connectivity index is 1.89. The van der Waals surface area contributed by atoms with Crippen molar-refractivity contribution in [1.82, 2.24) is 5.32 Å². The number of ether oxygens (including phenoxy) is 2. The van der Waals surface area contributed by atoms with Crippen molar-refractivity contribution in [2.75, 3.05) is 19.8 Å². The van der Waals surface area contributed by atoms with Gasteiger partial charge in [-0.05, 0) is 44.7 Å². The first-order valence-corrected chi connectivity index (χ1v) is 8.32. The largest absolute Gasteiger partial charge is 0.376 e. The van der Waals surface area contributed by atoms with E-state index in [4.69, 9.17) is 9.47 Å². The standard InChI is InChI=1S/C18H29NO2/c1-3-12-19-18(16-9-5-4-6-10-16)15(2)21-14-17-11-7-8-13-20-17/h4-6,9-10,15,17-19H,3,7-8,11-14H2,1-2H3. The Kier molecular flexibility index (Phi) is 7.20. The predicted molar refractivity (Wildman–Crippen MR) is 86.5 cm³/mol. The molecule has 1 aliphatic rings. The lowest BCUT2D eigenvalue weighted by Crippen LogP contribution is -2.35. The third-order valence-electron chi connectivity index (χ3n) is 4.06. The van der Waals surface area contributed by atoms with E-state index in [9.17, 15) is 0 Å². The van der Waals surface area contributed by atoms with Crippen molar-refractivity contribution in [1.29, 1.82) is 0 Å². The molecule has 3 atom stereocenters. The van der Waals surface area contributed by atoms with Gasteiger partial charge in [0.25, 0.3) is 0 Å². The molecule has 1 saturated heterocycles. The molecule has 1 heterocycles. The molecule has 118 valence electrons. The predicted octanol–water partition coefficient (Wildman–Crippen LogP) is 3.70. The Bertz CT molecular complexity index is 376. The highest BCUT2D eigenvalue weighted by molar-refractivity contribution is 5.20. The molecule has 3 nitrogen and oxygen atoms in total. The summed E-state index contributed by atoms with van der Waals surface area (Å²) >= 11 is 0. The van der Waals surface area contributed by atoms with E-state index in [1.807, 2.05) is 0 Å². The molecule has 1 aromatic rings. The zero-order chi connectivity index (χ0) is 14.9.